The molecule has 0 saturated carbocycles. The molecule has 0 bridgehead atoms. The maximum Gasteiger partial charge on any atom is 0.472 e. The Bertz CT molecular complexity index is 1020. The number of rotatable bonds is 47. The number of phosphoric acid groups is 1. The van der Waals surface area contributed by atoms with Crippen LogP contribution in [-0.4, -0.2) is 49.3 Å². The highest BCUT2D eigenvalue weighted by atomic mass is 31.2. The van der Waals surface area contributed by atoms with Crippen LogP contribution in [0.5, 0.6) is 0 Å². The maximum atomic E-state index is 12.6. The SMILES string of the molecule is CCCCCC=CCC=CCCCCCCCCCC(=O)OCC(COP(=O)(O)OCCN)OC(=O)CCCCCCCCCCCCCCCCCCCCCCC. The highest BCUT2D eigenvalue weighted by molar-refractivity contribution is 7.47. The molecule has 9 nitrogen and oxygen atoms in total. The van der Waals surface area contributed by atoms with E-state index in [1.807, 2.05) is 0 Å². The van der Waals surface area contributed by atoms with E-state index in [1.54, 1.807) is 0 Å². The first-order valence-corrected chi connectivity index (χ1v) is 26.3. The summed E-state index contributed by atoms with van der Waals surface area (Å²) in [5, 5.41) is 0. The van der Waals surface area contributed by atoms with Crippen molar-refractivity contribution >= 4 is 19.8 Å². The van der Waals surface area contributed by atoms with Gasteiger partial charge in [0.05, 0.1) is 13.2 Å². The number of unbranched alkanes of at least 4 members (excludes halogenated alkanes) is 30. The monoisotopic (exact) mass is 856 g/mol. The van der Waals surface area contributed by atoms with E-state index in [0.29, 0.717) is 6.42 Å². The van der Waals surface area contributed by atoms with Crippen molar-refractivity contribution in [2.24, 2.45) is 5.73 Å². The van der Waals surface area contributed by atoms with Gasteiger partial charge >= 0.3 is 19.8 Å². The standard InChI is InChI=1S/C49H94NO8P/c1-3-5-7-9-11-13-15-17-19-21-22-23-24-26-28-30-32-34-36-38-40-42-49(52)58-47(46-57-59(53,54)56-44-43-50)45-55-48(51)41-39-37-35-33-31-29-27-25-20-18-16-14-12-10-8-6-4-2/h12,14,18,20,47H,3-11,13,15-17,19,21-46,50H2,1-2H3,(H,53,54). The van der Waals surface area contributed by atoms with Crippen LogP contribution in [0.4, 0.5) is 0 Å². The molecule has 3 N–H and O–H groups in total. The first-order valence-electron chi connectivity index (χ1n) is 24.8. The van der Waals surface area contributed by atoms with Crippen molar-refractivity contribution in [2.45, 2.75) is 251 Å². The lowest BCUT2D eigenvalue weighted by atomic mass is 10.0. The van der Waals surface area contributed by atoms with Gasteiger partial charge in [0.2, 0.25) is 0 Å². The molecule has 348 valence electrons. The number of ether oxygens (including phenoxy) is 2. The summed E-state index contributed by atoms with van der Waals surface area (Å²) in [6.45, 7) is 3.74. The molecule has 0 saturated heterocycles. The van der Waals surface area contributed by atoms with Crippen LogP contribution in [0.15, 0.2) is 24.3 Å². The Morgan fingerprint density at radius 2 is 0.881 bits per heavy atom. The normalized spacial score (nSPS) is 13.4. The lowest BCUT2D eigenvalue weighted by Crippen LogP contribution is -2.29. The third-order valence-corrected chi connectivity index (χ3v) is 11.8. The molecule has 59 heavy (non-hydrogen) atoms. The molecular weight excluding hydrogens is 762 g/mol. The predicted octanol–water partition coefficient (Wildman–Crippen LogP) is 14.7. The quantitative estimate of drug-likeness (QED) is 0.0265. The number of hydrogen-bond donors (Lipinski definition) is 2. The molecule has 0 aliphatic heterocycles. The molecule has 0 aliphatic rings. The van der Waals surface area contributed by atoms with Crippen molar-refractivity contribution in [2.75, 3.05) is 26.4 Å². The van der Waals surface area contributed by atoms with Gasteiger partial charge in [-0.3, -0.25) is 18.6 Å². The first kappa shape index (κ1) is 57.5. The molecule has 2 unspecified atom stereocenters. The fraction of sp³-hybridized carbons (Fsp3) is 0.878. The Hall–Kier alpha value is -1.51. The van der Waals surface area contributed by atoms with Crippen LogP contribution in [0.2, 0.25) is 0 Å². The largest absolute Gasteiger partial charge is 0.472 e. The van der Waals surface area contributed by atoms with Crippen molar-refractivity contribution in [1.29, 1.82) is 0 Å². The van der Waals surface area contributed by atoms with E-state index >= 15 is 0 Å². The van der Waals surface area contributed by atoms with Crippen molar-refractivity contribution in [3.05, 3.63) is 24.3 Å². The van der Waals surface area contributed by atoms with Gasteiger partial charge in [0, 0.05) is 19.4 Å². The highest BCUT2D eigenvalue weighted by Gasteiger charge is 2.26. The minimum absolute atomic E-state index is 0.0542. The van der Waals surface area contributed by atoms with Gasteiger partial charge in [-0.15, -0.1) is 0 Å². The van der Waals surface area contributed by atoms with Gasteiger partial charge < -0.3 is 20.1 Å². The minimum atomic E-state index is -4.38. The summed E-state index contributed by atoms with van der Waals surface area (Å²) in [5.74, 6) is -0.825. The summed E-state index contributed by atoms with van der Waals surface area (Å²) in [6.07, 6.45) is 50.7. The first-order chi connectivity index (χ1) is 28.8. The molecular formula is C49H94NO8P. The zero-order chi connectivity index (χ0) is 43.2. The van der Waals surface area contributed by atoms with E-state index < -0.39 is 26.5 Å². The summed E-state index contributed by atoms with van der Waals surface area (Å²) in [4.78, 5) is 35.0. The summed E-state index contributed by atoms with van der Waals surface area (Å²) in [5.41, 5.74) is 5.36. The van der Waals surface area contributed by atoms with E-state index in [0.717, 1.165) is 51.4 Å². The fourth-order valence-corrected chi connectivity index (χ4v) is 7.90. The average Bonchev–Trinajstić information content (AvgIpc) is 3.22. The average molecular weight is 856 g/mol. The number of carbonyl (C=O) groups is 2. The maximum absolute atomic E-state index is 12.6. The summed E-state index contributed by atoms with van der Waals surface area (Å²) >= 11 is 0. The van der Waals surface area contributed by atoms with Gasteiger partial charge in [-0.2, -0.15) is 0 Å². The third-order valence-electron chi connectivity index (χ3n) is 10.8. The molecule has 2 atom stereocenters. The third kappa shape index (κ3) is 45.8. The molecule has 0 spiro atoms. The molecule has 0 heterocycles. The fourth-order valence-electron chi connectivity index (χ4n) is 7.14. The van der Waals surface area contributed by atoms with Crippen molar-refractivity contribution in [1.82, 2.24) is 0 Å². The van der Waals surface area contributed by atoms with E-state index in [9.17, 15) is 19.0 Å². The Labute approximate surface area is 363 Å². The van der Waals surface area contributed by atoms with Gasteiger partial charge in [0.1, 0.15) is 6.61 Å². The van der Waals surface area contributed by atoms with Gasteiger partial charge in [0.25, 0.3) is 0 Å². The highest BCUT2D eigenvalue weighted by Crippen LogP contribution is 2.43. The van der Waals surface area contributed by atoms with Crippen LogP contribution in [0.1, 0.15) is 245 Å². The van der Waals surface area contributed by atoms with Crippen molar-refractivity contribution < 1.29 is 37.6 Å². The Kier molecular flexibility index (Phi) is 44.8. The summed E-state index contributed by atoms with van der Waals surface area (Å²) < 4.78 is 32.9. The lowest BCUT2D eigenvalue weighted by molar-refractivity contribution is -0.161. The van der Waals surface area contributed by atoms with Gasteiger partial charge in [-0.05, 0) is 44.9 Å². The smallest absolute Gasteiger partial charge is 0.462 e. The van der Waals surface area contributed by atoms with Gasteiger partial charge in [-0.1, -0.05) is 212 Å². The molecule has 0 aromatic carbocycles. The molecule has 0 aromatic heterocycles. The number of allylic oxidation sites excluding steroid dienone is 4. The lowest BCUT2D eigenvalue weighted by Gasteiger charge is -2.19. The molecule has 10 heteroatoms. The molecule has 0 aromatic rings. The zero-order valence-corrected chi connectivity index (χ0v) is 39.4. The molecule has 0 rings (SSSR count). The van der Waals surface area contributed by atoms with Crippen LogP contribution in [0.3, 0.4) is 0 Å². The minimum Gasteiger partial charge on any atom is -0.462 e. The number of nitrogens with two attached hydrogens (primary N) is 1. The van der Waals surface area contributed by atoms with Gasteiger partial charge in [0.15, 0.2) is 6.10 Å². The number of esters is 2. The summed E-state index contributed by atoms with van der Waals surface area (Å²) in [6, 6.07) is 0. The van der Waals surface area contributed by atoms with Crippen LogP contribution in [-0.2, 0) is 32.7 Å². The van der Waals surface area contributed by atoms with E-state index in [1.165, 1.54) is 161 Å². The predicted molar refractivity (Wildman–Crippen MR) is 247 cm³/mol. The second-order valence-corrected chi connectivity index (χ2v) is 18.1. The second-order valence-electron chi connectivity index (χ2n) is 16.7. The van der Waals surface area contributed by atoms with E-state index in [4.69, 9.17) is 24.3 Å². The Morgan fingerprint density at radius 3 is 1.32 bits per heavy atom. The topological polar surface area (TPSA) is 134 Å². The van der Waals surface area contributed by atoms with Crippen molar-refractivity contribution in [3.63, 3.8) is 0 Å². The summed E-state index contributed by atoms with van der Waals surface area (Å²) in [7, 11) is -4.38. The van der Waals surface area contributed by atoms with Crippen LogP contribution >= 0.6 is 7.82 Å². The molecule has 0 amide bonds. The van der Waals surface area contributed by atoms with E-state index in [-0.39, 0.29) is 38.6 Å². The zero-order valence-electron chi connectivity index (χ0n) is 38.5. The number of carbonyl (C=O) groups excluding carboxylic acids is 2. The Balaban J connectivity index is 4.04. The van der Waals surface area contributed by atoms with Crippen molar-refractivity contribution in [3.8, 4) is 0 Å². The molecule has 0 radical (unpaired) electrons. The Morgan fingerprint density at radius 1 is 0.508 bits per heavy atom. The number of phosphoric ester groups is 1. The number of hydrogen-bond acceptors (Lipinski definition) is 8. The van der Waals surface area contributed by atoms with Crippen LogP contribution in [0, 0.1) is 0 Å². The second kappa shape index (κ2) is 46.0. The van der Waals surface area contributed by atoms with Crippen LogP contribution < -0.4 is 5.73 Å². The molecule has 0 fully saturated rings. The van der Waals surface area contributed by atoms with Crippen LogP contribution in [0.25, 0.3) is 0 Å². The molecule has 0 aliphatic carbocycles. The van der Waals surface area contributed by atoms with E-state index in [2.05, 4.69) is 38.2 Å². The van der Waals surface area contributed by atoms with Gasteiger partial charge in [-0.25, -0.2) is 4.57 Å².